The van der Waals surface area contributed by atoms with Gasteiger partial charge < -0.3 is 5.32 Å². The van der Waals surface area contributed by atoms with E-state index >= 15 is 0 Å². The zero-order chi connectivity index (χ0) is 12.3. The fourth-order valence-corrected chi connectivity index (χ4v) is 1.02. The molecule has 1 aromatic carbocycles. The Balaban J connectivity index is 2.87. The Hall–Kier alpha value is -1.62. The summed E-state index contributed by atoms with van der Waals surface area (Å²) in [7, 11) is 0. The molecule has 0 bridgehead atoms. The minimum Gasteiger partial charge on any atom is -0.324 e. The Morgan fingerprint density at radius 3 is 2.62 bits per heavy atom. The Bertz CT molecular complexity index is 426. The first kappa shape index (κ1) is 12.4. The molecule has 0 aliphatic rings. The lowest BCUT2D eigenvalue weighted by Crippen LogP contribution is -2.31. The van der Waals surface area contributed by atoms with Crippen LogP contribution in [0.15, 0.2) is 24.3 Å². The second-order valence-corrected chi connectivity index (χ2v) is 4.68. The summed E-state index contributed by atoms with van der Waals surface area (Å²) in [6.45, 7) is 3.09. The van der Waals surface area contributed by atoms with Crippen molar-refractivity contribution in [3.05, 3.63) is 34.4 Å². The fourth-order valence-electron chi connectivity index (χ4n) is 0.977. The number of nitrogens with one attached hydrogen (secondary N) is 1. The number of carbonyl (C=O) groups excluding carboxylic acids is 1. The molecule has 0 saturated carbocycles. The predicted molar refractivity (Wildman–Crippen MR) is 61.7 cm³/mol. The molecule has 0 heterocycles. The number of nitro groups is 1. The number of benzene rings is 1. The van der Waals surface area contributed by atoms with Crippen LogP contribution in [0.4, 0.5) is 11.4 Å². The van der Waals surface area contributed by atoms with Crippen molar-refractivity contribution in [2.24, 2.45) is 0 Å². The Morgan fingerprint density at radius 1 is 1.50 bits per heavy atom. The van der Waals surface area contributed by atoms with Crippen LogP contribution in [0.25, 0.3) is 0 Å². The largest absolute Gasteiger partial charge is 0.324 e. The summed E-state index contributed by atoms with van der Waals surface area (Å²) in [6, 6.07) is 5.69. The van der Waals surface area contributed by atoms with Gasteiger partial charge in [0.2, 0.25) is 5.91 Å². The minimum absolute atomic E-state index is 0.0785. The molecule has 1 rings (SSSR count). The van der Waals surface area contributed by atoms with E-state index in [-0.39, 0.29) is 5.69 Å². The third kappa shape index (κ3) is 3.20. The monoisotopic (exact) mass is 242 g/mol. The molecule has 0 atom stereocenters. The Labute approximate surface area is 97.6 Å². The summed E-state index contributed by atoms with van der Waals surface area (Å²) in [5.41, 5.74) is 0.276. The van der Waals surface area contributed by atoms with Gasteiger partial charge in [0.15, 0.2) is 0 Å². The normalized spacial score (nSPS) is 10.9. The first-order valence-corrected chi connectivity index (χ1v) is 4.93. The topological polar surface area (TPSA) is 72.2 Å². The van der Waals surface area contributed by atoms with E-state index in [2.05, 4.69) is 5.32 Å². The number of non-ortho nitro benzene ring substituents is 1. The molecule has 0 spiro atoms. The van der Waals surface area contributed by atoms with Crippen molar-refractivity contribution in [1.29, 1.82) is 0 Å². The van der Waals surface area contributed by atoms with Crippen molar-refractivity contribution in [2.75, 3.05) is 5.32 Å². The minimum atomic E-state index is -1.05. The van der Waals surface area contributed by atoms with Gasteiger partial charge in [-0.05, 0) is 19.9 Å². The average Bonchev–Trinajstić information content (AvgIpc) is 2.16. The maximum atomic E-state index is 11.5. The van der Waals surface area contributed by atoms with Crippen molar-refractivity contribution in [3.8, 4) is 0 Å². The van der Waals surface area contributed by atoms with E-state index in [1.807, 2.05) is 0 Å². The predicted octanol–water partition coefficient (Wildman–Crippen LogP) is 2.55. The molecule has 1 amide bonds. The van der Waals surface area contributed by atoms with E-state index in [0.717, 1.165) is 0 Å². The third-order valence-electron chi connectivity index (χ3n) is 1.85. The average molecular weight is 243 g/mol. The molecule has 1 aromatic rings. The van der Waals surface area contributed by atoms with Crippen molar-refractivity contribution in [1.82, 2.24) is 0 Å². The SMILES string of the molecule is CC(C)(Cl)C(=O)Nc1cccc([N+](=O)[O-])c1. The summed E-state index contributed by atoms with van der Waals surface area (Å²) in [4.78, 5) is 20.4. The lowest BCUT2D eigenvalue weighted by molar-refractivity contribution is -0.384. The van der Waals surface area contributed by atoms with Crippen LogP contribution in [0.2, 0.25) is 0 Å². The molecule has 1 N–H and O–H groups in total. The number of carbonyl (C=O) groups is 1. The standard InChI is InChI=1S/C10H11ClN2O3/c1-10(2,11)9(14)12-7-4-3-5-8(6-7)13(15)16/h3-6H,1-2H3,(H,12,14). The highest BCUT2D eigenvalue weighted by Crippen LogP contribution is 2.20. The van der Waals surface area contributed by atoms with Crippen molar-refractivity contribution in [2.45, 2.75) is 18.7 Å². The van der Waals surface area contributed by atoms with Gasteiger partial charge in [-0.1, -0.05) is 6.07 Å². The van der Waals surface area contributed by atoms with Crippen LogP contribution in [0, 0.1) is 10.1 Å². The molecule has 0 aliphatic carbocycles. The van der Waals surface area contributed by atoms with Crippen LogP contribution >= 0.6 is 11.6 Å². The van der Waals surface area contributed by atoms with Crippen molar-refractivity contribution < 1.29 is 9.72 Å². The summed E-state index contributed by atoms with van der Waals surface area (Å²) in [5.74, 6) is -0.408. The molecule has 0 fully saturated rings. The summed E-state index contributed by atoms with van der Waals surface area (Å²) >= 11 is 5.79. The molecule has 6 heteroatoms. The van der Waals surface area contributed by atoms with Gasteiger partial charge in [0.25, 0.3) is 5.69 Å². The maximum absolute atomic E-state index is 11.5. The van der Waals surface area contributed by atoms with E-state index in [1.54, 1.807) is 19.9 Å². The quantitative estimate of drug-likeness (QED) is 0.503. The maximum Gasteiger partial charge on any atom is 0.271 e. The number of nitrogens with zero attached hydrogens (tertiary/aromatic N) is 1. The van der Waals surface area contributed by atoms with Crippen LogP contribution < -0.4 is 5.32 Å². The summed E-state index contributed by atoms with van der Waals surface area (Å²) in [6.07, 6.45) is 0. The molecular weight excluding hydrogens is 232 g/mol. The van der Waals surface area contributed by atoms with Crippen LogP contribution in [0.1, 0.15) is 13.8 Å². The molecule has 0 saturated heterocycles. The number of hydrogen-bond donors (Lipinski definition) is 1. The first-order valence-electron chi connectivity index (χ1n) is 4.55. The summed E-state index contributed by atoms with van der Waals surface area (Å²) < 4.78 is 0. The van der Waals surface area contributed by atoms with Crippen LogP contribution in [0.3, 0.4) is 0 Å². The summed E-state index contributed by atoms with van der Waals surface area (Å²) in [5, 5.41) is 13.0. The molecular formula is C10H11ClN2O3. The molecule has 0 aliphatic heterocycles. The smallest absolute Gasteiger partial charge is 0.271 e. The Kier molecular flexibility index (Phi) is 3.49. The van der Waals surface area contributed by atoms with Gasteiger partial charge in [0.1, 0.15) is 4.87 Å². The highest BCUT2D eigenvalue weighted by atomic mass is 35.5. The molecule has 16 heavy (non-hydrogen) atoms. The number of amides is 1. The van der Waals surface area contributed by atoms with Crippen LogP contribution in [-0.4, -0.2) is 15.7 Å². The second-order valence-electron chi connectivity index (χ2n) is 3.73. The van der Waals surface area contributed by atoms with Crippen molar-refractivity contribution in [3.63, 3.8) is 0 Å². The van der Waals surface area contributed by atoms with Gasteiger partial charge in [0.05, 0.1) is 4.92 Å². The second kappa shape index (κ2) is 4.49. The van der Waals surface area contributed by atoms with E-state index < -0.39 is 15.7 Å². The molecule has 0 aromatic heterocycles. The molecule has 0 radical (unpaired) electrons. The van der Waals surface area contributed by atoms with E-state index in [0.29, 0.717) is 5.69 Å². The Morgan fingerprint density at radius 2 is 2.12 bits per heavy atom. The number of hydrogen-bond acceptors (Lipinski definition) is 3. The van der Waals surface area contributed by atoms with Gasteiger partial charge in [-0.2, -0.15) is 0 Å². The number of nitro benzene ring substituents is 1. The molecule has 86 valence electrons. The number of halogens is 1. The van der Waals surface area contributed by atoms with E-state index in [1.165, 1.54) is 18.2 Å². The number of anilines is 1. The molecule has 5 nitrogen and oxygen atoms in total. The lowest BCUT2D eigenvalue weighted by Gasteiger charge is -2.15. The zero-order valence-corrected chi connectivity index (χ0v) is 9.62. The zero-order valence-electron chi connectivity index (χ0n) is 8.86. The van der Waals surface area contributed by atoms with Crippen molar-refractivity contribution >= 4 is 28.9 Å². The van der Waals surface area contributed by atoms with Gasteiger partial charge in [0, 0.05) is 17.8 Å². The van der Waals surface area contributed by atoms with E-state index in [4.69, 9.17) is 11.6 Å². The third-order valence-corrected chi connectivity index (χ3v) is 2.03. The van der Waals surface area contributed by atoms with Crippen LogP contribution in [0.5, 0.6) is 0 Å². The van der Waals surface area contributed by atoms with Gasteiger partial charge in [-0.3, -0.25) is 14.9 Å². The van der Waals surface area contributed by atoms with E-state index in [9.17, 15) is 14.9 Å². The fraction of sp³-hybridized carbons (Fsp3) is 0.300. The highest BCUT2D eigenvalue weighted by Gasteiger charge is 2.24. The van der Waals surface area contributed by atoms with Gasteiger partial charge in [-0.15, -0.1) is 11.6 Å². The highest BCUT2D eigenvalue weighted by molar-refractivity contribution is 6.36. The van der Waals surface area contributed by atoms with Gasteiger partial charge in [-0.25, -0.2) is 0 Å². The molecule has 0 unspecified atom stereocenters. The number of alkyl halides is 1. The van der Waals surface area contributed by atoms with Crippen LogP contribution in [-0.2, 0) is 4.79 Å². The van der Waals surface area contributed by atoms with Gasteiger partial charge >= 0.3 is 0 Å². The first-order chi connectivity index (χ1) is 7.30. The number of rotatable bonds is 3. The lowest BCUT2D eigenvalue weighted by atomic mass is 10.2.